The van der Waals surface area contributed by atoms with Crippen LogP contribution in [0.2, 0.25) is 0 Å². The van der Waals surface area contributed by atoms with Crippen LogP contribution in [0.1, 0.15) is 31.7 Å². The molecule has 1 aromatic carbocycles. The van der Waals surface area contributed by atoms with E-state index in [1.54, 1.807) is 12.1 Å². The van der Waals surface area contributed by atoms with E-state index >= 15 is 0 Å². The molecule has 18 heavy (non-hydrogen) atoms. The van der Waals surface area contributed by atoms with E-state index in [0.29, 0.717) is 6.42 Å². The molecule has 0 spiro atoms. The summed E-state index contributed by atoms with van der Waals surface area (Å²) in [7, 11) is 1.30. The molecule has 0 heterocycles. The number of benzene rings is 1. The molecule has 3 nitrogen and oxygen atoms in total. The first-order valence-corrected chi connectivity index (χ1v) is 6.09. The third kappa shape index (κ3) is 4.02. The zero-order valence-corrected chi connectivity index (χ0v) is 11.0. The number of rotatable bonds is 6. The van der Waals surface area contributed by atoms with Gasteiger partial charge in [-0.25, -0.2) is 9.18 Å². The van der Waals surface area contributed by atoms with Gasteiger partial charge in [0.2, 0.25) is 0 Å². The van der Waals surface area contributed by atoms with Crippen molar-refractivity contribution in [2.75, 3.05) is 7.11 Å². The normalized spacial score (nSPS) is 12.0. The highest BCUT2D eigenvalue weighted by atomic mass is 19.1. The lowest BCUT2D eigenvalue weighted by atomic mass is 10.1. The molecule has 0 radical (unpaired) electrons. The summed E-state index contributed by atoms with van der Waals surface area (Å²) in [5, 5.41) is 0. The van der Waals surface area contributed by atoms with Crippen LogP contribution in [0.15, 0.2) is 18.2 Å². The molecule has 1 atom stereocenters. The number of unbranched alkanes of at least 4 members (excludes halogenated alkanes) is 1. The van der Waals surface area contributed by atoms with Gasteiger partial charge in [0.05, 0.1) is 7.11 Å². The predicted molar refractivity (Wildman–Crippen MR) is 67.1 cm³/mol. The van der Waals surface area contributed by atoms with E-state index in [1.807, 2.05) is 13.8 Å². The van der Waals surface area contributed by atoms with E-state index in [4.69, 9.17) is 4.74 Å². The number of ether oxygens (including phenoxy) is 2. The van der Waals surface area contributed by atoms with Gasteiger partial charge in [0.1, 0.15) is 0 Å². The van der Waals surface area contributed by atoms with Gasteiger partial charge >= 0.3 is 5.97 Å². The van der Waals surface area contributed by atoms with Crippen LogP contribution in [0.25, 0.3) is 0 Å². The second-order valence-electron chi connectivity index (χ2n) is 4.21. The Morgan fingerprint density at radius 1 is 1.44 bits per heavy atom. The molecular weight excluding hydrogens is 235 g/mol. The van der Waals surface area contributed by atoms with Gasteiger partial charge in [0, 0.05) is 0 Å². The SMILES string of the molecule is CCCCC(Oc1cc(C)ccc1F)C(=O)OC. The average molecular weight is 254 g/mol. The molecule has 0 amide bonds. The average Bonchev–Trinajstić information content (AvgIpc) is 2.37. The molecule has 1 rings (SSSR count). The number of methoxy groups -OCH3 is 1. The van der Waals surface area contributed by atoms with Crippen LogP contribution in [0.3, 0.4) is 0 Å². The molecule has 0 aliphatic heterocycles. The molecule has 0 bridgehead atoms. The molecule has 0 saturated heterocycles. The van der Waals surface area contributed by atoms with Crippen molar-refractivity contribution >= 4 is 5.97 Å². The number of esters is 1. The largest absolute Gasteiger partial charge is 0.476 e. The van der Waals surface area contributed by atoms with Crippen molar-refractivity contribution in [1.82, 2.24) is 0 Å². The first-order valence-electron chi connectivity index (χ1n) is 6.09. The number of carbonyl (C=O) groups is 1. The first kappa shape index (κ1) is 14.5. The monoisotopic (exact) mass is 254 g/mol. The lowest BCUT2D eigenvalue weighted by Crippen LogP contribution is -2.28. The summed E-state index contributed by atoms with van der Waals surface area (Å²) < 4.78 is 23.6. The van der Waals surface area contributed by atoms with E-state index < -0.39 is 17.9 Å². The molecule has 100 valence electrons. The Bertz CT molecular complexity index is 404. The Hall–Kier alpha value is -1.58. The first-order chi connectivity index (χ1) is 8.58. The van der Waals surface area contributed by atoms with Gasteiger partial charge in [-0.3, -0.25) is 0 Å². The zero-order chi connectivity index (χ0) is 13.5. The fourth-order valence-corrected chi connectivity index (χ4v) is 1.60. The number of aryl methyl sites for hydroxylation is 1. The summed E-state index contributed by atoms with van der Waals surface area (Å²) in [5.41, 5.74) is 0.880. The molecular formula is C14H19FO3. The molecule has 0 N–H and O–H groups in total. The Morgan fingerprint density at radius 3 is 2.78 bits per heavy atom. The molecule has 0 fully saturated rings. The minimum Gasteiger partial charge on any atom is -0.476 e. The summed E-state index contributed by atoms with van der Waals surface area (Å²) >= 11 is 0. The molecule has 1 aromatic rings. The highest BCUT2D eigenvalue weighted by Gasteiger charge is 2.21. The fraction of sp³-hybridized carbons (Fsp3) is 0.500. The lowest BCUT2D eigenvalue weighted by molar-refractivity contribution is -0.149. The van der Waals surface area contributed by atoms with Crippen LogP contribution in [0.4, 0.5) is 4.39 Å². The molecule has 1 unspecified atom stereocenters. The maximum absolute atomic E-state index is 13.5. The van der Waals surface area contributed by atoms with Gasteiger partial charge in [-0.2, -0.15) is 0 Å². The molecule has 0 aromatic heterocycles. The van der Waals surface area contributed by atoms with E-state index in [-0.39, 0.29) is 5.75 Å². The minimum atomic E-state index is -0.744. The Labute approximate surface area is 107 Å². The third-order valence-electron chi connectivity index (χ3n) is 2.64. The van der Waals surface area contributed by atoms with Crippen LogP contribution in [-0.4, -0.2) is 19.2 Å². The van der Waals surface area contributed by atoms with Crippen molar-refractivity contribution in [3.05, 3.63) is 29.6 Å². The van der Waals surface area contributed by atoms with Gasteiger partial charge in [0.25, 0.3) is 0 Å². The second kappa shape index (κ2) is 6.99. The smallest absolute Gasteiger partial charge is 0.347 e. The predicted octanol–water partition coefficient (Wildman–Crippen LogP) is 3.24. The molecule has 4 heteroatoms. The van der Waals surface area contributed by atoms with Crippen LogP contribution in [0.5, 0.6) is 5.75 Å². The Balaban J connectivity index is 2.81. The van der Waals surface area contributed by atoms with Crippen molar-refractivity contribution in [2.45, 2.75) is 39.2 Å². The van der Waals surface area contributed by atoms with Crippen molar-refractivity contribution in [3.8, 4) is 5.75 Å². The van der Waals surface area contributed by atoms with Crippen LogP contribution >= 0.6 is 0 Å². The highest BCUT2D eigenvalue weighted by Crippen LogP contribution is 2.21. The van der Waals surface area contributed by atoms with Crippen LogP contribution < -0.4 is 4.74 Å². The quantitative estimate of drug-likeness (QED) is 0.731. The van der Waals surface area contributed by atoms with Crippen LogP contribution in [0, 0.1) is 12.7 Å². The van der Waals surface area contributed by atoms with Crippen molar-refractivity contribution in [1.29, 1.82) is 0 Å². The zero-order valence-electron chi connectivity index (χ0n) is 11.0. The number of hydrogen-bond donors (Lipinski definition) is 0. The van der Waals surface area contributed by atoms with Gasteiger partial charge in [0.15, 0.2) is 17.7 Å². The van der Waals surface area contributed by atoms with Crippen molar-refractivity contribution < 1.29 is 18.7 Å². The second-order valence-corrected chi connectivity index (χ2v) is 4.21. The number of hydrogen-bond acceptors (Lipinski definition) is 3. The van der Waals surface area contributed by atoms with Crippen molar-refractivity contribution in [2.24, 2.45) is 0 Å². The van der Waals surface area contributed by atoms with Gasteiger partial charge in [-0.15, -0.1) is 0 Å². The maximum atomic E-state index is 13.5. The van der Waals surface area contributed by atoms with Crippen molar-refractivity contribution in [3.63, 3.8) is 0 Å². The fourth-order valence-electron chi connectivity index (χ4n) is 1.60. The van der Waals surface area contributed by atoms with E-state index in [2.05, 4.69) is 4.74 Å². The Morgan fingerprint density at radius 2 is 2.17 bits per heavy atom. The van der Waals surface area contributed by atoms with Gasteiger partial charge in [-0.1, -0.05) is 19.4 Å². The van der Waals surface area contributed by atoms with E-state index in [9.17, 15) is 9.18 Å². The number of halogens is 1. The summed E-state index contributed by atoms with van der Waals surface area (Å²) in [4.78, 5) is 11.5. The molecule has 0 aliphatic carbocycles. The highest BCUT2D eigenvalue weighted by molar-refractivity contribution is 5.74. The van der Waals surface area contributed by atoms with E-state index in [1.165, 1.54) is 13.2 Å². The number of carbonyl (C=O) groups excluding carboxylic acids is 1. The standard InChI is InChI=1S/C14H19FO3/c1-4-5-6-12(14(16)17-3)18-13-9-10(2)7-8-11(13)15/h7-9,12H,4-6H2,1-3H3. The van der Waals surface area contributed by atoms with E-state index in [0.717, 1.165) is 18.4 Å². The minimum absolute atomic E-state index is 0.0986. The third-order valence-corrected chi connectivity index (χ3v) is 2.64. The Kier molecular flexibility index (Phi) is 5.62. The van der Waals surface area contributed by atoms with Gasteiger partial charge < -0.3 is 9.47 Å². The summed E-state index contributed by atoms with van der Waals surface area (Å²) in [5.74, 6) is -0.836. The molecule has 0 saturated carbocycles. The summed E-state index contributed by atoms with van der Waals surface area (Å²) in [6.07, 6.45) is 1.54. The lowest BCUT2D eigenvalue weighted by Gasteiger charge is -2.17. The van der Waals surface area contributed by atoms with Crippen LogP contribution in [-0.2, 0) is 9.53 Å². The topological polar surface area (TPSA) is 35.5 Å². The summed E-state index contributed by atoms with van der Waals surface area (Å²) in [6, 6.07) is 4.57. The molecule has 0 aliphatic rings. The van der Waals surface area contributed by atoms with Gasteiger partial charge in [-0.05, 0) is 37.5 Å². The maximum Gasteiger partial charge on any atom is 0.347 e. The summed E-state index contributed by atoms with van der Waals surface area (Å²) in [6.45, 7) is 3.85.